The Morgan fingerprint density at radius 3 is 2.91 bits per heavy atom. The van der Waals surface area contributed by atoms with E-state index in [0.717, 1.165) is 35.2 Å². The van der Waals surface area contributed by atoms with Crippen molar-refractivity contribution >= 4 is 20.9 Å². The number of methoxy groups -OCH3 is 1. The predicted molar refractivity (Wildman–Crippen MR) is 92.5 cm³/mol. The van der Waals surface area contributed by atoms with Gasteiger partial charge < -0.3 is 9.72 Å². The van der Waals surface area contributed by atoms with Crippen molar-refractivity contribution in [3.05, 3.63) is 30.0 Å². The molecule has 5 nitrogen and oxygen atoms in total. The van der Waals surface area contributed by atoms with Crippen molar-refractivity contribution in [3.63, 3.8) is 0 Å². The molecule has 0 amide bonds. The summed E-state index contributed by atoms with van der Waals surface area (Å²) in [5, 5.41) is 1.10. The van der Waals surface area contributed by atoms with Gasteiger partial charge in [-0.1, -0.05) is 6.92 Å². The molecule has 1 saturated heterocycles. The summed E-state index contributed by atoms with van der Waals surface area (Å²) in [4.78, 5) is 3.44. The van der Waals surface area contributed by atoms with Gasteiger partial charge in [0, 0.05) is 35.6 Å². The Bertz CT molecular complexity index is 782. The van der Waals surface area contributed by atoms with Gasteiger partial charge in [0.05, 0.1) is 12.9 Å². The molecule has 3 rings (SSSR count). The Morgan fingerprint density at radius 2 is 2.17 bits per heavy atom. The first-order valence-electron chi connectivity index (χ1n) is 8.18. The molecule has 2 aromatic rings. The van der Waals surface area contributed by atoms with Gasteiger partial charge in [0.1, 0.15) is 5.75 Å². The summed E-state index contributed by atoms with van der Waals surface area (Å²) in [6.07, 6.45) is 2.59. The zero-order valence-corrected chi connectivity index (χ0v) is 14.5. The second-order valence-electron chi connectivity index (χ2n) is 6.19. The normalized spacial score (nSPS) is 20.0. The summed E-state index contributed by atoms with van der Waals surface area (Å²) in [6.45, 7) is 3.13. The van der Waals surface area contributed by atoms with E-state index < -0.39 is 10.0 Å². The molecule has 1 atom stereocenters. The number of aromatic nitrogens is 1. The highest BCUT2D eigenvalue weighted by atomic mass is 32.2. The van der Waals surface area contributed by atoms with Crippen LogP contribution in [0.2, 0.25) is 0 Å². The largest absolute Gasteiger partial charge is 0.497 e. The first-order valence-corrected chi connectivity index (χ1v) is 9.79. The van der Waals surface area contributed by atoms with Crippen LogP contribution in [0.4, 0.5) is 0 Å². The first-order chi connectivity index (χ1) is 11.0. The molecule has 1 fully saturated rings. The van der Waals surface area contributed by atoms with Crippen LogP contribution in [-0.4, -0.2) is 43.7 Å². The number of fused-ring (bicyclic) bond motifs is 1. The number of nitrogens with zero attached hydrogens (tertiary/aromatic N) is 1. The number of piperidine rings is 1. The van der Waals surface area contributed by atoms with E-state index in [9.17, 15) is 8.42 Å². The second kappa shape index (κ2) is 6.53. The Balaban J connectivity index is 1.83. The number of hydrogen-bond acceptors (Lipinski definition) is 3. The van der Waals surface area contributed by atoms with E-state index in [2.05, 4.69) is 11.1 Å². The predicted octanol–water partition coefficient (Wildman–Crippen LogP) is 3.10. The first kappa shape index (κ1) is 16.3. The van der Waals surface area contributed by atoms with Gasteiger partial charge in [0.25, 0.3) is 0 Å². The second-order valence-corrected chi connectivity index (χ2v) is 8.28. The minimum Gasteiger partial charge on any atom is -0.497 e. The number of sulfonamides is 1. The van der Waals surface area contributed by atoms with Gasteiger partial charge in [-0.3, -0.25) is 0 Å². The highest BCUT2D eigenvalue weighted by molar-refractivity contribution is 7.89. The van der Waals surface area contributed by atoms with Crippen LogP contribution in [0.1, 0.15) is 37.8 Å². The van der Waals surface area contributed by atoms with E-state index in [4.69, 9.17) is 4.74 Å². The smallest absolute Gasteiger partial charge is 0.214 e. The summed E-state index contributed by atoms with van der Waals surface area (Å²) < 4.78 is 31.6. The standard InChI is InChI=1S/C17H24N2O3S/c1-3-9-23(20,21)19-8-4-5-13(12-19)17-11-14-10-15(22-2)6-7-16(14)18-17/h6-7,10-11,13,18H,3-5,8-9,12H2,1-2H3. The maximum Gasteiger partial charge on any atom is 0.214 e. The van der Waals surface area contributed by atoms with Crippen LogP contribution in [0, 0.1) is 0 Å². The van der Waals surface area contributed by atoms with Gasteiger partial charge in [0.2, 0.25) is 10.0 Å². The van der Waals surface area contributed by atoms with Crippen LogP contribution < -0.4 is 4.74 Å². The molecule has 2 heterocycles. The number of ether oxygens (including phenoxy) is 1. The van der Waals surface area contributed by atoms with Crippen molar-refractivity contribution in [3.8, 4) is 5.75 Å². The molecule has 1 aliphatic heterocycles. The molecule has 23 heavy (non-hydrogen) atoms. The lowest BCUT2D eigenvalue weighted by atomic mass is 9.96. The van der Waals surface area contributed by atoms with Crippen LogP contribution in [0.25, 0.3) is 10.9 Å². The summed E-state index contributed by atoms with van der Waals surface area (Å²) in [5.41, 5.74) is 2.18. The average molecular weight is 336 g/mol. The quantitative estimate of drug-likeness (QED) is 0.912. The summed E-state index contributed by atoms with van der Waals surface area (Å²) in [5.74, 6) is 1.30. The average Bonchev–Trinajstić information content (AvgIpc) is 2.98. The van der Waals surface area contributed by atoms with Crippen LogP contribution in [-0.2, 0) is 10.0 Å². The zero-order valence-electron chi connectivity index (χ0n) is 13.7. The monoisotopic (exact) mass is 336 g/mol. The van der Waals surface area contributed by atoms with Gasteiger partial charge in [-0.25, -0.2) is 12.7 Å². The number of nitrogens with one attached hydrogen (secondary N) is 1. The van der Waals surface area contributed by atoms with Crippen molar-refractivity contribution in [2.24, 2.45) is 0 Å². The molecular weight excluding hydrogens is 312 g/mol. The Hall–Kier alpha value is -1.53. The van der Waals surface area contributed by atoms with Crippen molar-refractivity contribution in [1.29, 1.82) is 0 Å². The van der Waals surface area contributed by atoms with E-state index in [1.54, 1.807) is 11.4 Å². The summed E-state index contributed by atoms with van der Waals surface area (Å²) >= 11 is 0. The fourth-order valence-corrected chi connectivity index (χ4v) is 4.90. The van der Waals surface area contributed by atoms with E-state index in [1.165, 1.54) is 0 Å². The van der Waals surface area contributed by atoms with Crippen LogP contribution in [0.5, 0.6) is 5.75 Å². The molecule has 1 N–H and O–H groups in total. The van der Waals surface area contributed by atoms with E-state index in [1.807, 2.05) is 25.1 Å². The number of benzene rings is 1. The fraction of sp³-hybridized carbons (Fsp3) is 0.529. The lowest BCUT2D eigenvalue weighted by molar-refractivity contribution is 0.313. The van der Waals surface area contributed by atoms with Crippen molar-refractivity contribution < 1.29 is 13.2 Å². The van der Waals surface area contributed by atoms with Gasteiger partial charge in [-0.2, -0.15) is 0 Å². The van der Waals surface area contributed by atoms with Crippen molar-refractivity contribution in [2.45, 2.75) is 32.1 Å². The number of rotatable bonds is 5. The Labute approximate surface area is 137 Å². The Kier molecular flexibility index (Phi) is 4.64. The van der Waals surface area contributed by atoms with Gasteiger partial charge in [-0.05, 0) is 43.5 Å². The van der Waals surface area contributed by atoms with Gasteiger partial charge in [0.15, 0.2) is 0 Å². The maximum absolute atomic E-state index is 12.3. The molecule has 1 unspecified atom stereocenters. The Morgan fingerprint density at radius 1 is 1.35 bits per heavy atom. The highest BCUT2D eigenvalue weighted by Gasteiger charge is 2.29. The minimum atomic E-state index is -3.12. The van der Waals surface area contributed by atoms with E-state index in [-0.39, 0.29) is 11.7 Å². The van der Waals surface area contributed by atoms with Crippen LogP contribution >= 0.6 is 0 Å². The molecule has 1 aliphatic rings. The maximum atomic E-state index is 12.3. The third-order valence-corrected chi connectivity index (χ3v) is 6.57. The molecule has 0 bridgehead atoms. The molecule has 0 saturated carbocycles. The zero-order chi connectivity index (χ0) is 16.4. The molecule has 0 spiro atoms. The third-order valence-electron chi connectivity index (χ3n) is 4.53. The van der Waals surface area contributed by atoms with Gasteiger partial charge >= 0.3 is 0 Å². The molecule has 0 radical (unpaired) electrons. The van der Waals surface area contributed by atoms with Crippen LogP contribution in [0.15, 0.2) is 24.3 Å². The number of aromatic amines is 1. The number of H-pyrrole nitrogens is 1. The summed E-state index contributed by atoms with van der Waals surface area (Å²) in [7, 11) is -1.46. The molecule has 1 aromatic heterocycles. The van der Waals surface area contributed by atoms with Crippen molar-refractivity contribution in [2.75, 3.05) is 26.0 Å². The summed E-state index contributed by atoms with van der Waals surface area (Å²) in [6, 6.07) is 8.07. The van der Waals surface area contributed by atoms with E-state index in [0.29, 0.717) is 19.5 Å². The van der Waals surface area contributed by atoms with Gasteiger partial charge in [-0.15, -0.1) is 0 Å². The lowest BCUT2D eigenvalue weighted by Crippen LogP contribution is -2.40. The molecular formula is C17H24N2O3S. The molecule has 126 valence electrons. The minimum absolute atomic E-state index is 0.230. The topological polar surface area (TPSA) is 62.4 Å². The third kappa shape index (κ3) is 3.38. The molecule has 0 aliphatic carbocycles. The fourth-order valence-electron chi connectivity index (χ4n) is 3.32. The van der Waals surface area contributed by atoms with Crippen LogP contribution in [0.3, 0.4) is 0 Å². The number of hydrogen-bond donors (Lipinski definition) is 1. The molecule has 1 aromatic carbocycles. The van der Waals surface area contributed by atoms with Crippen molar-refractivity contribution in [1.82, 2.24) is 9.29 Å². The highest BCUT2D eigenvalue weighted by Crippen LogP contribution is 2.31. The molecule has 6 heteroatoms. The van der Waals surface area contributed by atoms with E-state index >= 15 is 0 Å². The lowest BCUT2D eigenvalue weighted by Gasteiger charge is -2.31. The SMILES string of the molecule is CCCS(=O)(=O)N1CCCC(c2cc3cc(OC)ccc3[nH]2)C1.